The number of nitrogens with zero attached hydrogens (tertiary/aromatic N) is 1. The number of para-hydroxylation sites is 1. The predicted molar refractivity (Wildman–Crippen MR) is 75.4 cm³/mol. The van der Waals surface area contributed by atoms with Crippen molar-refractivity contribution in [2.45, 2.75) is 31.7 Å². The number of aliphatic hydroxyl groups excluding tert-OH is 1. The molecule has 7 nitrogen and oxygen atoms in total. The molecular weight excluding hydrogens is 276 g/mol. The zero-order chi connectivity index (χ0) is 15.5. The highest BCUT2D eigenvalue weighted by Crippen LogP contribution is 2.34. The third-order valence-electron chi connectivity index (χ3n) is 3.72. The molecule has 0 atom stereocenters. The highest BCUT2D eigenvalue weighted by Gasteiger charge is 2.38. The average molecular weight is 294 g/mol. The van der Waals surface area contributed by atoms with E-state index in [0.29, 0.717) is 12.8 Å². The van der Waals surface area contributed by atoms with E-state index in [1.165, 1.54) is 18.2 Å². The second-order valence-electron chi connectivity index (χ2n) is 5.09. The summed E-state index contributed by atoms with van der Waals surface area (Å²) >= 11 is 0. The molecule has 1 aliphatic rings. The lowest BCUT2D eigenvalue weighted by molar-refractivity contribution is -0.385. The number of benzene rings is 1. The summed E-state index contributed by atoms with van der Waals surface area (Å²) < 4.78 is 5.29. The molecule has 1 fully saturated rings. The summed E-state index contributed by atoms with van der Waals surface area (Å²) in [5, 5.41) is 23.2. The number of carbonyl (C=O) groups is 1. The van der Waals surface area contributed by atoms with Crippen LogP contribution in [0.5, 0.6) is 5.75 Å². The van der Waals surface area contributed by atoms with Crippen LogP contribution in [0.2, 0.25) is 0 Å². The Labute approximate surface area is 122 Å². The Kier molecular flexibility index (Phi) is 4.42. The van der Waals surface area contributed by atoms with Gasteiger partial charge in [0.1, 0.15) is 0 Å². The maximum atomic E-state index is 12.4. The first-order valence-corrected chi connectivity index (χ1v) is 6.86. The number of nitro benzene ring substituents is 1. The maximum absolute atomic E-state index is 12.4. The van der Waals surface area contributed by atoms with E-state index in [0.717, 1.165) is 6.42 Å². The molecule has 1 amide bonds. The van der Waals surface area contributed by atoms with Gasteiger partial charge in [0.05, 0.1) is 29.2 Å². The summed E-state index contributed by atoms with van der Waals surface area (Å²) in [6, 6.07) is 4.23. The normalized spacial score (nSPS) is 15.9. The lowest BCUT2D eigenvalue weighted by Crippen LogP contribution is -2.56. The van der Waals surface area contributed by atoms with Gasteiger partial charge in [-0.05, 0) is 32.3 Å². The second kappa shape index (κ2) is 6.09. The largest absolute Gasteiger partial charge is 0.487 e. The van der Waals surface area contributed by atoms with Crippen molar-refractivity contribution < 1.29 is 19.6 Å². The third kappa shape index (κ3) is 2.97. The van der Waals surface area contributed by atoms with Crippen molar-refractivity contribution >= 4 is 11.6 Å². The van der Waals surface area contributed by atoms with Crippen LogP contribution in [0.3, 0.4) is 0 Å². The van der Waals surface area contributed by atoms with Gasteiger partial charge in [-0.2, -0.15) is 0 Å². The van der Waals surface area contributed by atoms with E-state index in [2.05, 4.69) is 5.32 Å². The first-order chi connectivity index (χ1) is 10.0. The van der Waals surface area contributed by atoms with E-state index < -0.39 is 16.4 Å². The molecule has 0 radical (unpaired) electrons. The van der Waals surface area contributed by atoms with Gasteiger partial charge in [-0.15, -0.1) is 0 Å². The maximum Gasteiger partial charge on any atom is 0.311 e. The molecule has 2 rings (SSSR count). The van der Waals surface area contributed by atoms with Gasteiger partial charge >= 0.3 is 5.69 Å². The lowest BCUT2D eigenvalue weighted by atomic mass is 9.77. The molecule has 7 heteroatoms. The minimum atomic E-state index is -0.606. The van der Waals surface area contributed by atoms with Crippen molar-refractivity contribution in [1.82, 2.24) is 5.32 Å². The Morgan fingerprint density at radius 1 is 1.52 bits per heavy atom. The van der Waals surface area contributed by atoms with Crippen molar-refractivity contribution in [3.8, 4) is 5.75 Å². The Balaban J connectivity index is 2.31. The second-order valence-corrected chi connectivity index (χ2v) is 5.09. The summed E-state index contributed by atoms with van der Waals surface area (Å²) in [6.45, 7) is 1.77. The molecule has 0 aromatic heterocycles. The van der Waals surface area contributed by atoms with Gasteiger partial charge in [0.25, 0.3) is 5.91 Å². The smallest absolute Gasteiger partial charge is 0.311 e. The molecular formula is C14H18N2O5. The fourth-order valence-electron chi connectivity index (χ4n) is 2.38. The van der Waals surface area contributed by atoms with Crippen LogP contribution in [0, 0.1) is 10.1 Å². The van der Waals surface area contributed by atoms with Gasteiger partial charge in [0.2, 0.25) is 5.75 Å². The number of carbonyl (C=O) groups excluding carboxylic acids is 1. The molecule has 0 aliphatic heterocycles. The van der Waals surface area contributed by atoms with Crippen LogP contribution in [-0.4, -0.2) is 34.7 Å². The van der Waals surface area contributed by atoms with E-state index >= 15 is 0 Å². The van der Waals surface area contributed by atoms with E-state index in [1.54, 1.807) is 6.92 Å². The minimum Gasteiger partial charge on any atom is -0.487 e. The number of nitrogens with one attached hydrogen (secondary N) is 1. The molecule has 0 heterocycles. The average Bonchev–Trinajstić information content (AvgIpc) is 2.43. The van der Waals surface area contributed by atoms with Crippen LogP contribution in [0.25, 0.3) is 0 Å². The molecule has 1 saturated carbocycles. The van der Waals surface area contributed by atoms with Gasteiger partial charge in [0.15, 0.2) is 0 Å². The molecule has 0 bridgehead atoms. The molecule has 1 aromatic rings. The van der Waals surface area contributed by atoms with Gasteiger partial charge in [-0.25, -0.2) is 0 Å². The molecule has 1 aromatic carbocycles. The number of rotatable bonds is 6. The van der Waals surface area contributed by atoms with Crippen LogP contribution in [0.15, 0.2) is 18.2 Å². The summed E-state index contributed by atoms with van der Waals surface area (Å²) in [6.07, 6.45) is 2.34. The summed E-state index contributed by atoms with van der Waals surface area (Å²) in [5.74, 6) is -0.495. The minimum absolute atomic E-state index is 0.0325. The number of hydrogen-bond donors (Lipinski definition) is 2. The molecule has 0 spiro atoms. The standard InChI is InChI=1S/C14H18N2O5/c1-2-21-12-10(5-3-6-11(12)16(19)20)13(18)15-14(9-17)7-4-8-14/h3,5-6,17H,2,4,7-9H2,1H3,(H,15,18). The Bertz CT molecular complexity index is 549. The summed E-state index contributed by atoms with van der Waals surface area (Å²) in [7, 11) is 0. The van der Waals surface area contributed by atoms with Crippen LogP contribution < -0.4 is 10.1 Å². The molecule has 1 aliphatic carbocycles. The summed E-state index contributed by atoms with van der Waals surface area (Å²) in [5.41, 5.74) is -0.729. The SMILES string of the molecule is CCOc1c(C(=O)NC2(CO)CCC2)cccc1[N+](=O)[O-]. The number of hydrogen-bond acceptors (Lipinski definition) is 5. The van der Waals surface area contributed by atoms with E-state index in [-0.39, 0.29) is 30.2 Å². The predicted octanol–water partition coefficient (Wildman–Crippen LogP) is 1.64. The highest BCUT2D eigenvalue weighted by molar-refractivity contribution is 5.98. The van der Waals surface area contributed by atoms with Crippen LogP contribution in [0.1, 0.15) is 36.5 Å². The van der Waals surface area contributed by atoms with Crippen LogP contribution in [-0.2, 0) is 0 Å². The summed E-state index contributed by atoms with van der Waals surface area (Å²) in [4.78, 5) is 22.8. The van der Waals surface area contributed by atoms with Crippen molar-refractivity contribution in [3.05, 3.63) is 33.9 Å². The monoisotopic (exact) mass is 294 g/mol. The van der Waals surface area contributed by atoms with Gasteiger partial charge in [0, 0.05) is 6.07 Å². The Morgan fingerprint density at radius 3 is 2.71 bits per heavy atom. The molecule has 114 valence electrons. The molecule has 21 heavy (non-hydrogen) atoms. The van der Waals surface area contributed by atoms with Gasteiger partial charge < -0.3 is 15.2 Å². The van der Waals surface area contributed by atoms with E-state index in [9.17, 15) is 20.0 Å². The van der Waals surface area contributed by atoms with Gasteiger partial charge in [-0.3, -0.25) is 14.9 Å². The number of nitro groups is 1. The topological polar surface area (TPSA) is 102 Å². The van der Waals surface area contributed by atoms with Crippen molar-refractivity contribution in [2.75, 3.05) is 13.2 Å². The fraction of sp³-hybridized carbons (Fsp3) is 0.500. The van der Waals surface area contributed by atoms with Crippen molar-refractivity contribution in [1.29, 1.82) is 0 Å². The fourth-order valence-corrected chi connectivity index (χ4v) is 2.38. The first kappa shape index (κ1) is 15.2. The van der Waals surface area contributed by atoms with Crippen LogP contribution >= 0.6 is 0 Å². The van der Waals surface area contributed by atoms with Crippen molar-refractivity contribution in [2.24, 2.45) is 0 Å². The molecule has 0 unspecified atom stereocenters. The highest BCUT2D eigenvalue weighted by atomic mass is 16.6. The first-order valence-electron chi connectivity index (χ1n) is 6.86. The third-order valence-corrected chi connectivity index (χ3v) is 3.72. The number of amides is 1. The van der Waals surface area contributed by atoms with Gasteiger partial charge in [-0.1, -0.05) is 6.07 Å². The Hall–Kier alpha value is -2.15. The van der Waals surface area contributed by atoms with E-state index in [4.69, 9.17) is 4.74 Å². The van der Waals surface area contributed by atoms with Crippen molar-refractivity contribution in [3.63, 3.8) is 0 Å². The lowest BCUT2D eigenvalue weighted by Gasteiger charge is -2.41. The zero-order valence-electron chi connectivity index (χ0n) is 11.8. The number of ether oxygens (including phenoxy) is 1. The van der Waals surface area contributed by atoms with Crippen LogP contribution in [0.4, 0.5) is 5.69 Å². The molecule has 0 saturated heterocycles. The van der Waals surface area contributed by atoms with E-state index in [1.807, 2.05) is 0 Å². The number of aliphatic hydroxyl groups is 1. The Morgan fingerprint density at radius 2 is 2.24 bits per heavy atom. The molecule has 2 N–H and O–H groups in total. The quantitative estimate of drug-likeness (QED) is 0.613. The zero-order valence-corrected chi connectivity index (χ0v) is 11.8.